The summed E-state index contributed by atoms with van der Waals surface area (Å²) in [6.45, 7) is 1.83. The first-order valence-electron chi connectivity index (χ1n) is 9.27. The number of carbonyl (C=O) groups excluding carboxylic acids is 1. The smallest absolute Gasteiger partial charge is 0.381 e. The molecule has 160 valence electrons. The molecule has 0 aliphatic rings. The number of pyridine rings is 1. The number of aromatic nitrogens is 4. The number of nitrogens with one attached hydrogen (secondary N) is 1. The number of aryl methyl sites for hydroxylation is 1. The highest BCUT2D eigenvalue weighted by atomic mass is 19.4. The fourth-order valence-corrected chi connectivity index (χ4v) is 2.92. The van der Waals surface area contributed by atoms with Crippen LogP contribution < -0.4 is 11.1 Å². The molecule has 0 radical (unpaired) electrons. The summed E-state index contributed by atoms with van der Waals surface area (Å²) in [5.41, 5.74) is 7.58. The van der Waals surface area contributed by atoms with Gasteiger partial charge in [0, 0.05) is 29.7 Å². The number of nitrogens with two attached hydrogens (primary N) is 1. The second-order valence-corrected chi connectivity index (χ2v) is 6.81. The summed E-state index contributed by atoms with van der Waals surface area (Å²) in [7, 11) is 0. The van der Waals surface area contributed by atoms with Crippen molar-refractivity contribution in [1.29, 1.82) is 0 Å². The molecule has 4 rings (SSSR count). The molecule has 0 saturated heterocycles. The number of amides is 1. The van der Waals surface area contributed by atoms with Crippen LogP contribution in [0.25, 0.3) is 5.65 Å². The Morgan fingerprint density at radius 2 is 1.91 bits per heavy atom. The first kappa shape index (κ1) is 20.9. The van der Waals surface area contributed by atoms with Crippen molar-refractivity contribution in [2.24, 2.45) is 0 Å². The second kappa shape index (κ2) is 8.03. The maximum atomic E-state index is 12.9. The lowest BCUT2D eigenvalue weighted by atomic mass is 10.0. The second-order valence-electron chi connectivity index (χ2n) is 6.81. The van der Waals surface area contributed by atoms with Crippen molar-refractivity contribution in [2.45, 2.75) is 13.1 Å². The van der Waals surface area contributed by atoms with Gasteiger partial charge in [-0.15, -0.1) is 0 Å². The van der Waals surface area contributed by atoms with Gasteiger partial charge in [0.25, 0.3) is 5.91 Å². The number of nitrogens with zero attached hydrogens (tertiary/aromatic N) is 4. The van der Waals surface area contributed by atoms with Gasteiger partial charge in [-0.1, -0.05) is 12.0 Å². The number of carbonyl (C=O) groups is 1. The Balaban J connectivity index is 1.60. The summed E-state index contributed by atoms with van der Waals surface area (Å²) in [4.78, 5) is 24.5. The number of nitrogen functional groups attached to an aromatic ring is 1. The van der Waals surface area contributed by atoms with Crippen molar-refractivity contribution in [3.63, 3.8) is 0 Å². The van der Waals surface area contributed by atoms with Crippen LogP contribution in [0.4, 0.5) is 24.8 Å². The van der Waals surface area contributed by atoms with E-state index >= 15 is 0 Å². The highest BCUT2D eigenvalue weighted by molar-refractivity contribution is 6.04. The SMILES string of the molecule is Cc1ccc(C(=O)Nc2cc(C(F)(F)F)ccn2)cc1C#Cc1cnc2c(N)nccn12. The molecule has 0 aliphatic heterocycles. The molecule has 3 N–H and O–H groups in total. The first-order chi connectivity index (χ1) is 15.2. The molecular formula is C22H15F3N6O. The molecule has 3 aromatic heterocycles. The molecule has 0 bridgehead atoms. The van der Waals surface area contributed by atoms with E-state index in [1.807, 2.05) is 6.92 Å². The van der Waals surface area contributed by atoms with E-state index in [-0.39, 0.29) is 17.2 Å². The number of alkyl halides is 3. The van der Waals surface area contributed by atoms with Crippen molar-refractivity contribution in [3.8, 4) is 11.8 Å². The number of rotatable bonds is 2. The molecule has 0 aliphatic carbocycles. The van der Waals surface area contributed by atoms with Gasteiger partial charge in [-0.2, -0.15) is 13.2 Å². The number of hydrogen-bond donors (Lipinski definition) is 2. The fourth-order valence-electron chi connectivity index (χ4n) is 2.92. The van der Waals surface area contributed by atoms with E-state index in [2.05, 4.69) is 32.1 Å². The Hall–Kier alpha value is -4.39. The number of imidazole rings is 1. The molecule has 32 heavy (non-hydrogen) atoms. The molecule has 0 atom stereocenters. The molecule has 10 heteroatoms. The Bertz CT molecular complexity index is 1400. The van der Waals surface area contributed by atoms with Gasteiger partial charge in [0.05, 0.1) is 11.8 Å². The van der Waals surface area contributed by atoms with Gasteiger partial charge in [-0.05, 0) is 42.7 Å². The van der Waals surface area contributed by atoms with Gasteiger partial charge >= 0.3 is 6.18 Å². The van der Waals surface area contributed by atoms with Gasteiger partial charge < -0.3 is 11.1 Å². The van der Waals surface area contributed by atoms with Crippen molar-refractivity contribution in [2.75, 3.05) is 11.1 Å². The van der Waals surface area contributed by atoms with E-state index in [9.17, 15) is 18.0 Å². The normalized spacial score (nSPS) is 11.1. The number of benzene rings is 1. The number of hydrogen-bond acceptors (Lipinski definition) is 5. The van der Waals surface area contributed by atoms with Gasteiger partial charge in [0.15, 0.2) is 11.5 Å². The quantitative estimate of drug-likeness (QED) is 0.467. The third kappa shape index (κ3) is 4.22. The largest absolute Gasteiger partial charge is 0.416 e. The standard InChI is InChI=1S/C22H15F3N6O/c1-13-2-3-15(21(32)30-18-11-16(6-7-27-18)22(23,24)25)10-14(13)4-5-17-12-29-20-19(26)28-8-9-31(17)20/h2-3,6-12H,1H3,(H2,26,28)(H,27,30,32). The van der Waals surface area contributed by atoms with Crippen LogP contribution >= 0.6 is 0 Å². The number of halogens is 3. The predicted octanol–water partition coefficient (Wildman–Crippen LogP) is 3.69. The molecule has 0 spiro atoms. The summed E-state index contributed by atoms with van der Waals surface area (Å²) in [5.74, 6) is 5.46. The van der Waals surface area contributed by atoms with Gasteiger partial charge in [0.2, 0.25) is 0 Å². The Morgan fingerprint density at radius 1 is 1.09 bits per heavy atom. The number of anilines is 2. The zero-order chi connectivity index (χ0) is 22.9. The van der Waals surface area contributed by atoms with Crippen LogP contribution in [0.5, 0.6) is 0 Å². The summed E-state index contributed by atoms with van der Waals surface area (Å²) in [5, 5.41) is 2.38. The van der Waals surface area contributed by atoms with E-state index in [4.69, 9.17) is 5.73 Å². The average molecular weight is 436 g/mol. The molecule has 0 saturated carbocycles. The molecule has 0 unspecified atom stereocenters. The van der Waals surface area contributed by atoms with Crippen LogP contribution in [0.15, 0.2) is 55.1 Å². The van der Waals surface area contributed by atoms with Crippen molar-refractivity contribution in [1.82, 2.24) is 19.4 Å². The van der Waals surface area contributed by atoms with Crippen molar-refractivity contribution >= 4 is 23.2 Å². The summed E-state index contributed by atoms with van der Waals surface area (Å²) < 4.78 is 40.3. The third-order valence-corrected chi connectivity index (χ3v) is 4.61. The van der Waals surface area contributed by atoms with Crippen LogP contribution in [0, 0.1) is 18.8 Å². The van der Waals surface area contributed by atoms with Crippen LogP contribution in [-0.2, 0) is 6.18 Å². The zero-order valence-electron chi connectivity index (χ0n) is 16.6. The van der Waals surface area contributed by atoms with E-state index < -0.39 is 17.6 Å². The minimum atomic E-state index is -4.53. The Kier molecular flexibility index (Phi) is 5.24. The highest BCUT2D eigenvalue weighted by Gasteiger charge is 2.30. The average Bonchev–Trinajstić information content (AvgIpc) is 3.17. The molecule has 1 aromatic carbocycles. The fraction of sp³-hybridized carbons (Fsp3) is 0.0909. The summed E-state index contributed by atoms with van der Waals surface area (Å²) >= 11 is 0. The van der Waals surface area contributed by atoms with Gasteiger partial charge in [0.1, 0.15) is 11.5 Å². The Labute approximate surface area is 180 Å². The van der Waals surface area contributed by atoms with E-state index in [1.54, 1.807) is 35.0 Å². The summed E-state index contributed by atoms with van der Waals surface area (Å²) in [6, 6.07) is 6.43. The monoisotopic (exact) mass is 436 g/mol. The molecule has 3 heterocycles. The topological polar surface area (TPSA) is 98.2 Å². The number of fused-ring (bicyclic) bond motifs is 1. The van der Waals surface area contributed by atoms with E-state index in [0.717, 1.165) is 23.9 Å². The molecule has 7 nitrogen and oxygen atoms in total. The summed E-state index contributed by atoms with van der Waals surface area (Å²) in [6.07, 6.45) is 1.23. The molecule has 0 fully saturated rings. The van der Waals surface area contributed by atoms with Crippen LogP contribution in [0.2, 0.25) is 0 Å². The van der Waals surface area contributed by atoms with Crippen LogP contribution in [0.3, 0.4) is 0 Å². The Morgan fingerprint density at radius 3 is 2.69 bits per heavy atom. The van der Waals surface area contributed by atoms with Crippen molar-refractivity contribution < 1.29 is 18.0 Å². The molecule has 4 aromatic rings. The third-order valence-electron chi connectivity index (χ3n) is 4.61. The minimum Gasteiger partial charge on any atom is -0.381 e. The minimum absolute atomic E-state index is 0.199. The van der Waals surface area contributed by atoms with Gasteiger partial charge in [-0.3, -0.25) is 9.20 Å². The van der Waals surface area contributed by atoms with Crippen molar-refractivity contribution in [3.05, 3.63) is 83.1 Å². The molecule has 1 amide bonds. The van der Waals surface area contributed by atoms with Crippen LogP contribution in [0.1, 0.15) is 32.7 Å². The maximum absolute atomic E-state index is 12.9. The lowest BCUT2D eigenvalue weighted by Crippen LogP contribution is -2.14. The highest BCUT2D eigenvalue weighted by Crippen LogP contribution is 2.30. The first-order valence-corrected chi connectivity index (χ1v) is 9.27. The lowest BCUT2D eigenvalue weighted by molar-refractivity contribution is -0.137. The predicted molar refractivity (Wildman–Crippen MR) is 112 cm³/mol. The molecular weight excluding hydrogens is 421 g/mol. The van der Waals surface area contributed by atoms with Gasteiger partial charge in [-0.25, -0.2) is 15.0 Å². The van der Waals surface area contributed by atoms with E-state index in [0.29, 0.717) is 16.9 Å². The maximum Gasteiger partial charge on any atom is 0.416 e. The lowest BCUT2D eigenvalue weighted by Gasteiger charge is -2.09. The van der Waals surface area contributed by atoms with E-state index in [1.165, 1.54) is 6.20 Å². The zero-order valence-corrected chi connectivity index (χ0v) is 16.6. The van der Waals surface area contributed by atoms with Crippen LogP contribution in [-0.4, -0.2) is 25.3 Å².